The molecule has 2 N–H and O–H groups in total. The Morgan fingerprint density at radius 3 is 2.24 bits per heavy atom. The molecule has 2 aromatic rings. The van der Waals surface area contributed by atoms with Gasteiger partial charge in [0, 0.05) is 5.54 Å². The lowest BCUT2D eigenvalue weighted by Crippen LogP contribution is -2.18. The highest BCUT2D eigenvalue weighted by atomic mass is 35.5. The molecule has 1 aliphatic carbocycles. The predicted molar refractivity (Wildman–Crippen MR) is 79.2 cm³/mol. The zero-order chi connectivity index (χ0) is 14.4. The molecule has 0 unspecified atom stereocenters. The summed E-state index contributed by atoms with van der Waals surface area (Å²) in [6, 6.07) is 12.7. The van der Waals surface area contributed by atoms with Crippen LogP contribution in [-0.2, 0) is 11.7 Å². The minimum atomic E-state index is -4.35. The molecule has 0 atom stereocenters. The second-order valence-electron chi connectivity index (χ2n) is 5.28. The van der Waals surface area contributed by atoms with Gasteiger partial charge < -0.3 is 5.73 Å². The fourth-order valence-electron chi connectivity index (χ4n) is 2.40. The molecule has 112 valence electrons. The molecule has 0 saturated heterocycles. The smallest absolute Gasteiger partial charge is 0.321 e. The molecule has 1 saturated carbocycles. The van der Waals surface area contributed by atoms with Gasteiger partial charge in [-0.25, -0.2) is 0 Å². The zero-order valence-corrected chi connectivity index (χ0v) is 12.0. The number of halogens is 4. The van der Waals surface area contributed by atoms with Crippen molar-refractivity contribution < 1.29 is 13.2 Å². The molecule has 0 aromatic heterocycles. The maximum absolute atomic E-state index is 13.1. The van der Waals surface area contributed by atoms with Crippen LogP contribution < -0.4 is 5.73 Å². The number of benzene rings is 2. The second kappa shape index (κ2) is 5.35. The molecule has 5 heteroatoms. The van der Waals surface area contributed by atoms with Crippen LogP contribution >= 0.6 is 12.4 Å². The first-order chi connectivity index (χ1) is 9.40. The van der Waals surface area contributed by atoms with Gasteiger partial charge in [-0.2, -0.15) is 13.2 Å². The first-order valence-electron chi connectivity index (χ1n) is 6.46. The van der Waals surface area contributed by atoms with Crippen molar-refractivity contribution in [1.29, 1.82) is 0 Å². The van der Waals surface area contributed by atoms with Crippen molar-refractivity contribution >= 4 is 12.4 Å². The summed E-state index contributed by atoms with van der Waals surface area (Å²) < 4.78 is 39.2. The first kappa shape index (κ1) is 15.9. The van der Waals surface area contributed by atoms with E-state index in [9.17, 15) is 13.2 Å². The topological polar surface area (TPSA) is 26.0 Å². The Morgan fingerprint density at radius 2 is 1.62 bits per heavy atom. The van der Waals surface area contributed by atoms with E-state index in [0.29, 0.717) is 5.56 Å². The number of alkyl halides is 3. The van der Waals surface area contributed by atoms with Crippen molar-refractivity contribution in [3.8, 4) is 11.1 Å². The van der Waals surface area contributed by atoms with Gasteiger partial charge in [0.25, 0.3) is 0 Å². The van der Waals surface area contributed by atoms with Gasteiger partial charge in [0.1, 0.15) is 0 Å². The Kier molecular flexibility index (Phi) is 4.04. The highest BCUT2D eigenvalue weighted by Crippen LogP contribution is 2.44. The summed E-state index contributed by atoms with van der Waals surface area (Å²) in [4.78, 5) is 0. The van der Waals surface area contributed by atoms with E-state index in [1.807, 2.05) is 6.07 Å². The van der Waals surface area contributed by atoms with Gasteiger partial charge in [-0.05, 0) is 41.7 Å². The van der Waals surface area contributed by atoms with E-state index in [1.165, 1.54) is 12.1 Å². The molecule has 1 fully saturated rings. The quantitative estimate of drug-likeness (QED) is 0.851. The third-order valence-electron chi connectivity index (χ3n) is 3.77. The molecule has 3 rings (SSSR count). The van der Waals surface area contributed by atoms with E-state index in [4.69, 9.17) is 5.73 Å². The van der Waals surface area contributed by atoms with Crippen LogP contribution in [0.1, 0.15) is 24.0 Å². The van der Waals surface area contributed by atoms with E-state index < -0.39 is 11.7 Å². The Labute approximate surface area is 127 Å². The first-order valence-corrected chi connectivity index (χ1v) is 6.46. The standard InChI is InChI=1S/C16H14F3N.ClH/c17-16(18,19)14-7-2-1-6-13(14)11-4-3-5-12(10-11)15(20)8-9-15;/h1-7,10H,8-9,20H2;1H. The molecular formula is C16H15ClF3N. The van der Waals surface area contributed by atoms with Crippen LogP contribution in [-0.4, -0.2) is 0 Å². The fraction of sp³-hybridized carbons (Fsp3) is 0.250. The number of hydrogen-bond acceptors (Lipinski definition) is 1. The molecule has 2 aromatic carbocycles. The minimum absolute atomic E-state index is 0. The van der Waals surface area contributed by atoms with Crippen LogP contribution in [0, 0.1) is 0 Å². The second-order valence-corrected chi connectivity index (χ2v) is 5.28. The summed E-state index contributed by atoms with van der Waals surface area (Å²) in [5.41, 5.74) is 6.83. The van der Waals surface area contributed by atoms with Crippen molar-refractivity contribution in [3.63, 3.8) is 0 Å². The van der Waals surface area contributed by atoms with Crippen LogP contribution in [0.4, 0.5) is 13.2 Å². The Bertz CT molecular complexity index is 648. The summed E-state index contributed by atoms with van der Waals surface area (Å²) in [6.45, 7) is 0. The summed E-state index contributed by atoms with van der Waals surface area (Å²) in [6.07, 6.45) is -2.58. The van der Waals surface area contributed by atoms with Crippen molar-refractivity contribution in [1.82, 2.24) is 0 Å². The third-order valence-corrected chi connectivity index (χ3v) is 3.77. The van der Waals surface area contributed by atoms with Crippen molar-refractivity contribution in [3.05, 3.63) is 59.7 Å². The monoisotopic (exact) mass is 313 g/mol. The SMILES string of the molecule is Cl.NC1(c2cccc(-c3ccccc3C(F)(F)F)c2)CC1. The number of nitrogens with two attached hydrogens (primary N) is 1. The fourth-order valence-corrected chi connectivity index (χ4v) is 2.40. The Morgan fingerprint density at radius 1 is 0.952 bits per heavy atom. The molecule has 0 bridgehead atoms. The van der Waals surface area contributed by atoms with Gasteiger partial charge in [0.15, 0.2) is 0 Å². The van der Waals surface area contributed by atoms with Crippen molar-refractivity contribution in [2.45, 2.75) is 24.6 Å². The summed E-state index contributed by atoms with van der Waals surface area (Å²) in [5.74, 6) is 0. The summed E-state index contributed by atoms with van der Waals surface area (Å²) >= 11 is 0. The van der Waals surface area contributed by atoms with E-state index in [0.717, 1.165) is 24.5 Å². The highest BCUT2D eigenvalue weighted by molar-refractivity contribution is 5.85. The van der Waals surface area contributed by atoms with Gasteiger partial charge >= 0.3 is 6.18 Å². The largest absolute Gasteiger partial charge is 0.417 e. The van der Waals surface area contributed by atoms with E-state index >= 15 is 0 Å². The molecule has 0 spiro atoms. The lowest BCUT2D eigenvalue weighted by molar-refractivity contribution is -0.137. The van der Waals surface area contributed by atoms with Crippen LogP contribution in [0.15, 0.2) is 48.5 Å². The molecule has 21 heavy (non-hydrogen) atoms. The molecule has 1 nitrogen and oxygen atoms in total. The molecule has 0 radical (unpaired) electrons. The third kappa shape index (κ3) is 3.06. The predicted octanol–water partition coefficient (Wildman–Crippen LogP) is 4.74. The van der Waals surface area contributed by atoms with Gasteiger partial charge in [-0.1, -0.05) is 36.4 Å². The average molecular weight is 314 g/mol. The molecule has 0 aliphatic heterocycles. The number of rotatable bonds is 2. The minimum Gasteiger partial charge on any atom is -0.321 e. The molecular weight excluding hydrogens is 299 g/mol. The number of hydrogen-bond donors (Lipinski definition) is 1. The van der Waals surface area contributed by atoms with E-state index in [2.05, 4.69) is 0 Å². The Balaban J connectivity index is 0.00000161. The Hall–Kier alpha value is -1.52. The highest BCUT2D eigenvalue weighted by Gasteiger charge is 2.40. The van der Waals surface area contributed by atoms with Crippen molar-refractivity contribution in [2.75, 3.05) is 0 Å². The van der Waals surface area contributed by atoms with Crippen LogP contribution in [0.25, 0.3) is 11.1 Å². The maximum atomic E-state index is 13.1. The lowest BCUT2D eigenvalue weighted by Gasteiger charge is -2.15. The van der Waals surface area contributed by atoms with Crippen LogP contribution in [0.3, 0.4) is 0 Å². The molecule has 0 amide bonds. The van der Waals surface area contributed by atoms with Gasteiger partial charge in [-0.3, -0.25) is 0 Å². The van der Waals surface area contributed by atoms with Crippen LogP contribution in [0.2, 0.25) is 0 Å². The van der Waals surface area contributed by atoms with Crippen molar-refractivity contribution in [2.24, 2.45) is 5.73 Å². The van der Waals surface area contributed by atoms with Gasteiger partial charge in [0.05, 0.1) is 5.56 Å². The summed E-state index contributed by atoms with van der Waals surface area (Å²) in [5, 5.41) is 0. The normalized spacial score (nSPS) is 16.2. The van der Waals surface area contributed by atoms with Gasteiger partial charge in [-0.15, -0.1) is 12.4 Å². The van der Waals surface area contributed by atoms with E-state index in [-0.39, 0.29) is 23.5 Å². The van der Waals surface area contributed by atoms with E-state index in [1.54, 1.807) is 24.3 Å². The molecule has 1 aliphatic rings. The maximum Gasteiger partial charge on any atom is 0.417 e. The lowest BCUT2D eigenvalue weighted by atomic mass is 9.95. The summed E-state index contributed by atoms with van der Waals surface area (Å²) in [7, 11) is 0. The molecule has 0 heterocycles. The average Bonchev–Trinajstić information content (AvgIpc) is 3.17. The zero-order valence-electron chi connectivity index (χ0n) is 11.2. The van der Waals surface area contributed by atoms with Gasteiger partial charge in [0.2, 0.25) is 0 Å². The van der Waals surface area contributed by atoms with Crippen LogP contribution in [0.5, 0.6) is 0 Å².